The molecule has 3 rings (SSSR count). The van der Waals surface area contributed by atoms with Gasteiger partial charge in [-0.05, 0) is 32.0 Å². The quantitative estimate of drug-likeness (QED) is 0.471. The van der Waals surface area contributed by atoms with Crippen molar-refractivity contribution in [3.8, 4) is 11.5 Å². The van der Waals surface area contributed by atoms with Crippen molar-refractivity contribution in [2.24, 2.45) is 0 Å². The van der Waals surface area contributed by atoms with Gasteiger partial charge in [-0.1, -0.05) is 0 Å². The lowest BCUT2D eigenvalue weighted by Gasteiger charge is -2.25. The van der Waals surface area contributed by atoms with Gasteiger partial charge in [-0.3, -0.25) is 4.79 Å². The van der Waals surface area contributed by atoms with E-state index in [1.165, 1.54) is 19.9 Å². The summed E-state index contributed by atoms with van der Waals surface area (Å²) in [7, 11) is 0. The number of aromatic amines is 1. The van der Waals surface area contributed by atoms with E-state index in [1.54, 1.807) is 18.2 Å². The molecule has 0 spiro atoms. The molecule has 0 aliphatic rings. The zero-order chi connectivity index (χ0) is 17.6. The molecule has 0 saturated carbocycles. The van der Waals surface area contributed by atoms with Crippen LogP contribution in [0.2, 0.25) is 0 Å². The zero-order valence-corrected chi connectivity index (χ0v) is 13.4. The van der Waals surface area contributed by atoms with Crippen molar-refractivity contribution in [2.75, 3.05) is 0 Å². The van der Waals surface area contributed by atoms with Gasteiger partial charge in [-0.2, -0.15) is 0 Å². The minimum Gasteiger partial charge on any atom is -0.508 e. The number of phenols is 2. The molecule has 0 bridgehead atoms. The van der Waals surface area contributed by atoms with Crippen LogP contribution >= 0.6 is 0 Å². The van der Waals surface area contributed by atoms with Gasteiger partial charge in [0.2, 0.25) is 0 Å². The second-order valence-electron chi connectivity index (χ2n) is 6.56. The van der Waals surface area contributed by atoms with Crippen molar-refractivity contribution in [1.82, 2.24) is 4.98 Å². The second kappa shape index (κ2) is 5.51. The van der Waals surface area contributed by atoms with Crippen molar-refractivity contribution in [2.45, 2.75) is 32.0 Å². The molecule has 1 atom stereocenters. The first kappa shape index (κ1) is 16.3. The molecule has 0 amide bonds. The summed E-state index contributed by atoms with van der Waals surface area (Å²) >= 11 is 0. The maximum absolute atomic E-state index is 11.3. The number of carbonyl (C=O) groups excluding carboxylic acids is 1. The van der Waals surface area contributed by atoms with Gasteiger partial charge in [-0.25, -0.2) is 0 Å². The fourth-order valence-corrected chi connectivity index (χ4v) is 2.84. The Balaban J connectivity index is 2.31. The summed E-state index contributed by atoms with van der Waals surface area (Å²) in [6, 6.07) is 6.36. The average molecular weight is 329 g/mol. The monoisotopic (exact) mass is 329 g/mol. The molecule has 24 heavy (non-hydrogen) atoms. The number of hydrogen-bond donors (Lipinski definition) is 5. The van der Waals surface area contributed by atoms with Gasteiger partial charge in [0.1, 0.15) is 11.5 Å². The number of rotatable bonds is 4. The Labute approximate surface area is 138 Å². The van der Waals surface area contributed by atoms with E-state index in [1.807, 2.05) is 0 Å². The van der Waals surface area contributed by atoms with Crippen LogP contribution in [0.3, 0.4) is 0 Å². The topological polar surface area (TPSA) is 114 Å². The predicted molar refractivity (Wildman–Crippen MR) is 90.5 cm³/mol. The summed E-state index contributed by atoms with van der Waals surface area (Å²) in [6.45, 7) is 2.94. The smallest absolute Gasteiger partial charge is 0.153 e. The Bertz CT molecular complexity index is 936. The normalized spacial score (nSPS) is 13.5. The van der Waals surface area contributed by atoms with Crippen LogP contribution in [0.5, 0.6) is 11.5 Å². The van der Waals surface area contributed by atoms with Gasteiger partial charge in [0.25, 0.3) is 0 Å². The highest BCUT2D eigenvalue weighted by Gasteiger charge is 2.27. The average Bonchev–Trinajstić information content (AvgIpc) is 2.85. The number of aromatic hydroxyl groups is 2. The van der Waals surface area contributed by atoms with Crippen LogP contribution in [-0.4, -0.2) is 43.4 Å². The number of aromatic nitrogens is 1. The molecule has 1 heterocycles. The minimum absolute atomic E-state index is 0.0354. The standard InChI is InChI=1S/C18H19NO5/c1-18(2,24)15(22)7-13-16-12(5-9(8-20)17(13)23)11-4-3-10(21)6-14(11)19-16/h3-6,8,15,19,21-24H,7H2,1-2H3/t15-/m0/s1. The van der Waals surface area contributed by atoms with Crippen molar-refractivity contribution < 1.29 is 25.2 Å². The summed E-state index contributed by atoms with van der Waals surface area (Å²) in [5, 5.41) is 41.7. The number of H-pyrrole nitrogens is 1. The number of benzene rings is 2. The Morgan fingerprint density at radius 1 is 1.21 bits per heavy atom. The maximum Gasteiger partial charge on any atom is 0.153 e. The first-order valence-corrected chi connectivity index (χ1v) is 7.57. The molecule has 6 heteroatoms. The fourth-order valence-electron chi connectivity index (χ4n) is 2.84. The fraction of sp³-hybridized carbons (Fsp3) is 0.278. The minimum atomic E-state index is -1.36. The third-order valence-corrected chi connectivity index (χ3v) is 4.32. The van der Waals surface area contributed by atoms with Gasteiger partial charge < -0.3 is 25.4 Å². The summed E-state index contributed by atoms with van der Waals surface area (Å²) in [4.78, 5) is 14.4. The van der Waals surface area contributed by atoms with E-state index in [9.17, 15) is 25.2 Å². The molecular weight excluding hydrogens is 310 g/mol. The van der Waals surface area contributed by atoms with E-state index in [0.29, 0.717) is 28.3 Å². The SMILES string of the molecule is CC(C)(O)[C@@H](O)Cc1c(O)c(C=O)cc2c1[nH]c1cc(O)ccc12. The highest BCUT2D eigenvalue weighted by molar-refractivity contribution is 6.11. The third kappa shape index (κ3) is 2.60. The van der Waals surface area contributed by atoms with Gasteiger partial charge in [0.15, 0.2) is 6.29 Å². The van der Waals surface area contributed by atoms with E-state index in [-0.39, 0.29) is 23.5 Å². The van der Waals surface area contributed by atoms with Gasteiger partial charge in [-0.15, -0.1) is 0 Å². The van der Waals surface area contributed by atoms with Crippen LogP contribution in [0.25, 0.3) is 21.8 Å². The highest BCUT2D eigenvalue weighted by atomic mass is 16.3. The van der Waals surface area contributed by atoms with Crippen molar-refractivity contribution in [1.29, 1.82) is 0 Å². The lowest BCUT2D eigenvalue weighted by molar-refractivity contribution is -0.0469. The number of aliphatic hydroxyl groups is 2. The van der Waals surface area contributed by atoms with Gasteiger partial charge >= 0.3 is 0 Å². The molecule has 6 nitrogen and oxygen atoms in total. The Kier molecular flexibility index (Phi) is 3.74. The molecule has 1 aromatic heterocycles. The number of hydrogen-bond acceptors (Lipinski definition) is 5. The largest absolute Gasteiger partial charge is 0.508 e. The highest BCUT2D eigenvalue weighted by Crippen LogP contribution is 2.37. The lowest BCUT2D eigenvalue weighted by atomic mass is 9.92. The van der Waals surface area contributed by atoms with Gasteiger partial charge in [0, 0.05) is 28.8 Å². The number of nitrogens with one attached hydrogen (secondary N) is 1. The van der Waals surface area contributed by atoms with Crippen molar-refractivity contribution >= 4 is 28.1 Å². The Morgan fingerprint density at radius 2 is 1.92 bits per heavy atom. The Hall–Kier alpha value is -2.57. The van der Waals surface area contributed by atoms with E-state index in [0.717, 1.165) is 5.39 Å². The molecular formula is C18H19NO5. The number of fused-ring (bicyclic) bond motifs is 3. The van der Waals surface area contributed by atoms with E-state index in [2.05, 4.69) is 4.98 Å². The van der Waals surface area contributed by atoms with Gasteiger partial charge in [0.05, 0.1) is 28.3 Å². The predicted octanol–water partition coefficient (Wildman–Crippen LogP) is 2.22. The molecule has 5 N–H and O–H groups in total. The summed E-state index contributed by atoms with van der Waals surface area (Å²) in [5.74, 6) is -0.136. The number of carbonyl (C=O) groups is 1. The molecule has 0 fully saturated rings. The maximum atomic E-state index is 11.3. The van der Waals surface area contributed by atoms with Crippen LogP contribution in [-0.2, 0) is 6.42 Å². The third-order valence-electron chi connectivity index (χ3n) is 4.32. The van der Waals surface area contributed by atoms with Crippen molar-refractivity contribution in [3.63, 3.8) is 0 Å². The number of aldehydes is 1. The van der Waals surface area contributed by atoms with Crippen LogP contribution < -0.4 is 0 Å². The molecule has 126 valence electrons. The molecule has 0 aliphatic carbocycles. The molecule has 0 aliphatic heterocycles. The van der Waals surface area contributed by atoms with Crippen LogP contribution in [0.4, 0.5) is 0 Å². The van der Waals surface area contributed by atoms with E-state index < -0.39 is 11.7 Å². The van der Waals surface area contributed by atoms with E-state index >= 15 is 0 Å². The van der Waals surface area contributed by atoms with Crippen LogP contribution in [0.1, 0.15) is 29.8 Å². The van der Waals surface area contributed by atoms with E-state index in [4.69, 9.17) is 0 Å². The summed E-state index contributed by atoms with van der Waals surface area (Å²) < 4.78 is 0. The molecule has 0 radical (unpaired) electrons. The lowest BCUT2D eigenvalue weighted by Crippen LogP contribution is -2.37. The second-order valence-corrected chi connectivity index (χ2v) is 6.56. The molecule has 2 aromatic carbocycles. The van der Waals surface area contributed by atoms with Crippen molar-refractivity contribution in [3.05, 3.63) is 35.4 Å². The summed E-state index contributed by atoms with van der Waals surface area (Å²) in [5.41, 5.74) is 0.294. The molecule has 0 saturated heterocycles. The number of phenolic OH excluding ortho intramolecular Hbond substituents is 2. The van der Waals surface area contributed by atoms with Crippen LogP contribution in [0, 0.1) is 0 Å². The first-order valence-electron chi connectivity index (χ1n) is 7.57. The Morgan fingerprint density at radius 3 is 2.54 bits per heavy atom. The first-order chi connectivity index (χ1) is 11.2. The summed E-state index contributed by atoms with van der Waals surface area (Å²) in [6.07, 6.45) is -0.617. The molecule has 3 aromatic rings. The zero-order valence-electron chi connectivity index (χ0n) is 13.4. The molecule has 0 unspecified atom stereocenters. The number of aliphatic hydroxyl groups excluding tert-OH is 1. The van der Waals surface area contributed by atoms with Crippen LogP contribution in [0.15, 0.2) is 24.3 Å².